The van der Waals surface area contributed by atoms with Gasteiger partial charge < -0.3 is 10.2 Å². The van der Waals surface area contributed by atoms with Crippen molar-refractivity contribution >= 4 is 46.4 Å². The molecule has 1 amide bonds. The van der Waals surface area contributed by atoms with Crippen molar-refractivity contribution in [3.05, 3.63) is 63.1 Å². The van der Waals surface area contributed by atoms with Crippen molar-refractivity contribution in [1.82, 2.24) is 5.32 Å². The molecule has 176 valence electrons. The fourth-order valence-electron chi connectivity index (χ4n) is 3.92. The maximum atomic E-state index is 10.9. The van der Waals surface area contributed by atoms with Gasteiger partial charge in [0.15, 0.2) is 0 Å². The van der Waals surface area contributed by atoms with Crippen molar-refractivity contribution in [2.24, 2.45) is 5.92 Å². The third kappa shape index (κ3) is 8.84. The lowest BCUT2D eigenvalue weighted by molar-refractivity contribution is -0.121. The largest absolute Gasteiger partial charge is 0.364 e. The summed E-state index contributed by atoms with van der Waals surface area (Å²) in [5, 5.41) is 4.96. The normalized spacial score (nSPS) is 15.8. The van der Waals surface area contributed by atoms with E-state index < -0.39 is 0 Å². The van der Waals surface area contributed by atoms with Crippen LogP contribution in [0.15, 0.2) is 42.5 Å². The zero-order chi connectivity index (χ0) is 23.5. The fourth-order valence-corrected chi connectivity index (χ4v) is 4.59. The van der Waals surface area contributed by atoms with Crippen molar-refractivity contribution in [2.45, 2.75) is 65.3 Å². The highest BCUT2D eigenvalue weighted by Gasteiger charge is 2.26. The van der Waals surface area contributed by atoms with E-state index in [4.69, 9.17) is 34.8 Å². The standard InChI is InChI=1S/C17H16Cl3N.C9H19NO/c18-12-4-7-14(8-5-12)21-10-2-1-3-17(21)15-9-6-13(19)11-16(15)20;1-4-10-9(11)7-5-6-8(2)3/h4-9,11,17H,1-3,10H2;8H,4-7H2,1-3H3,(H,10,11). The molecule has 1 atom stereocenters. The monoisotopic (exact) mass is 496 g/mol. The topological polar surface area (TPSA) is 32.3 Å². The zero-order valence-electron chi connectivity index (χ0n) is 19.3. The first-order valence-corrected chi connectivity index (χ1v) is 12.7. The molecule has 1 N–H and O–H groups in total. The van der Waals surface area contributed by atoms with Gasteiger partial charge in [-0.2, -0.15) is 0 Å². The van der Waals surface area contributed by atoms with E-state index in [2.05, 4.69) is 36.2 Å². The predicted octanol–water partition coefficient (Wildman–Crippen LogP) is 8.33. The summed E-state index contributed by atoms with van der Waals surface area (Å²) in [4.78, 5) is 13.3. The van der Waals surface area contributed by atoms with E-state index in [1.165, 1.54) is 18.5 Å². The maximum Gasteiger partial charge on any atom is 0.219 e. The number of rotatable bonds is 7. The molecular weight excluding hydrogens is 463 g/mol. The average Bonchev–Trinajstić information content (AvgIpc) is 2.75. The van der Waals surface area contributed by atoms with Crippen molar-refractivity contribution in [3.8, 4) is 0 Å². The number of benzene rings is 2. The van der Waals surface area contributed by atoms with Gasteiger partial charge in [-0.05, 0) is 80.5 Å². The number of anilines is 1. The van der Waals surface area contributed by atoms with E-state index >= 15 is 0 Å². The first-order valence-electron chi connectivity index (χ1n) is 11.6. The summed E-state index contributed by atoms with van der Waals surface area (Å²) >= 11 is 18.4. The van der Waals surface area contributed by atoms with Gasteiger partial charge >= 0.3 is 0 Å². The molecule has 0 saturated carbocycles. The molecule has 1 heterocycles. The van der Waals surface area contributed by atoms with Gasteiger partial charge in [-0.1, -0.05) is 61.1 Å². The van der Waals surface area contributed by atoms with E-state index in [1.54, 1.807) is 0 Å². The van der Waals surface area contributed by atoms with Gasteiger partial charge in [0.1, 0.15) is 0 Å². The van der Waals surface area contributed by atoms with Gasteiger partial charge in [-0.3, -0.25) is 4.79 Å². The molecule has 0 bridgehead atoms. The summed E-state index contributed by atoms with van der Waals surface area (Å²) in [5.41, 5.74) is 2.34. The molecule has 2 aromatic rings. The molecule has 0 spiro atoms. The van der Waals surface area contributed by atoms with Crippen LogP contribution in [0.1, 0.15) is 70.9 Å². The summed E-state index contributed by atoms with van der Waals surface area (Å²) in [6.07, 6.45) is 6.37. The number of carbonyl (C=O) groups excluding carboxylic acids is 1. The number of halogens is 3. The van der Waals surface area contributed by atoms with Crippen LogP contribution in [-0.2, 0) is 4.79 Å². The predicted molar refractivity (Wildman–Crippen MR) is 139 cm³/mol. The number of nitrogens with one attached hydrogen (secondary N) is 1. The highest BCUT2D eigenvalue weighted by atomic mass is 35.5. The van der Waals surface area contributed by atoms with Crippen molar-refractivity contribution < 1.29 is 4.79 Å². The van der Waals surface area contributed by atoms with E-state index in [-0.39, 0.29) is 5.91 Å². The zero-order valence-corrected chi connectivity index (χ0v) is 21.6. The second kappa shape index (κ2) is 14.0. The van der Waals surface area contributed by atoms with Gasteiger partial charge in [0, 0.05) is 40.3 Å². The Morgan fingerprint density at radius 1 is 1.06 bits per heavy atom. The number of amides is 1. The van der Waals surface area contributed by atoms with Crippen LogP contribution < -0.4 is 10.2 Å². The van der Waals surface area contributed by atoms with Crippen LogP contribution in [0.2, 0.25) is 15.1 Å². The van der Waals surface area contributed by atoms with Crippen LogP contribution in [0.3, 0.4) is 0 Å². The van der Waals surface area contributed by atoms with E-state index in [9.17, 15) is 4.79 Å². The second-order valence-electron chi connectivity index (χ2n) is 8.59. The molecule has 2 aromatic carbocycles. The van der Waals surface area contributed by atoms with E-state index in [0.29, 0.717) is 23.4 Å². The van der Waals surface area contributed by atoms with Crippen LogP contribution >= 0.6 is 34.8 Å². The second-order valence-corrected chi connectivity index (χ2v) is 9.87. The summed E-state index contributed by atoms with van der Waals surface area (Å²) in [6.45, 7) is 8.08. The molecule has 6 heteroatoms. The lowest BCUT2D eigenvalue weighted by atomic mass is 9.94. The molecule has 0 aliphatic carbocycles. The smallest absolute Gasteiger partial charge is 0.219 e. The van der Waals surface area contributed by atoms with Gasteiger partial charge in [0.2, 0.25) is 5.91 Å². The quantitative estimate of drug-likeness (QED) is 0.417. The van der Waals surface area contributed by atoms with Crippen molar-refractivity contribution in [2.75, 3.05) is 18.0 Å². The van der Waals surface area contributed by atoms with Crippen molar-refractivity contribution in [1.29, 1.82) is 0 Å². The molecule has 3 rings (SSSR count). The minimum atomic E-state index is 0.188. The molecule has 1 aliphatic rings. The molecule has 3 nitrogen and oxygen atoms in total. The lowest BCUT2D eigenvalue weighted by Gasteiger charge is -2.38. The van der Waals surface area contributed by atoms with Crippen LogP contribution in [0.5, 0.6) is 0 Å². The van der Waals surface area contributed by atoms with Gasteiger partial charge in [-0.25, -0.2) is 0 Å². The summed E-state index contributed by atoms with van der Waals surface area (Å²) < 4.78 is 0. The van der Waals surface area contributed by atoms with Gasteiger partial charge in [0.25, 0.3) is 0 Å². The maximum absolute atomic E-state index is 10.9. The third-order valence-electron chi connectivity index (χ3n) is 5.54. The van der Waals surface area contributed by atoms with Crippen molar-refractivity contribution in [3.63, 3.8) is 0 Å². The van der Waals surface area contributed by atoms with E-state index in [1.807, 2.05) is 37.3 Å². The van der Waals surface area contributed by atoms with E-state index in [0.717, 1.165) is 48.0 Å². The molecule has 1 aliphatic heterocycles. The summed E-state index contributed by atoms with van der Waals surface area (Å²) in [7, 11) is 0. The van der Waals surface area contributed by atoms with Gasteiger partial charge in [-0.15, -0.1) is 0 Å². The first-order chi connectivity index (χ1) is 15.3. The highest BCUT2D eigenvalue weighted by molar-refractivity contribution is 6.35. The molecule has 0 aromatic heterocycles. The van der Waals surface area contributed by atoms with Crippen LogP contribution in [0.4, 0.5) is 5.69 Å². The Morgan fingerprint density at radius 2 is 1.75 bits per heavy atom. The Hall–Kier alpha value is -1.42. The van der Waals surface area contributed by atoms with Crippen LogP contribution in [-0.4, -0.2) is 19.0 Å². The fraction of sp³-hybridized carbons (Fsp3) is 0.500. The SMILES string of the molecule is CCNC(=O)CCCC(C)C.Clc1ccc(N2CCCCC2c2ccc(Cl)cc2Cl)cc1. The molecule has 1 unspecified atom stereocenters. The Morgan fingerprint density at radius 3 is 2.38 bits per heavy atom. The summed E-state index contributed by atoms with van der Waals surface area (Å²) in [5.74, 6) is 0.901. The molecule has 1 saturated heterocycles. The Labute approximate surface area is 208 Å². The first kappa shape index (κ1) is 26.8. The van der Waals surface area contributed by atoms with Crippen LogP contribution in [0.25, 0.3) is 0 Å². The Balaban J connectivity index is 0.000000282. The highest BCUT2D eigenvalue weighted by Crippen LogP contribution is 2.38. The number of piperidine rings is 1. The average molecular weight is 498 g/mol. The number of carbonyl (C=O) groups is 1. The van der Waals surface area contributed by atoms with Crippen LogP contribution in [0, 0.1) is 5.92 Å². The summed E-state index contributed by atoms with van der Waals surface area (Å²) in [6, 6.07) is 14.1. The Kier molecular flexibility index (Phi) is 11.7. The minimum absolute atomic E-state index is 0.188. The third-order valence-corrected chi connectivity index (χ3v) is 6.36. The molecular formula is C26H35Cl3N2O. The van der Waals surface area contributed by atoms with Gasteiger partial charge in [0.05, 0.1) is 6.04 Å². The minimum Gasteiger partial charge on any atom is -0.364 e. The Bertz CT molecular complexity index is 839. The number of hydrogen-bond acceptors (Lipinski definition) is 2. The molecule has 32 heavy (non-hydrogen) atoms. The molecule has 1 fully saturated rings. The number of nitrogens with zero attached hydrogens (tertiary/aromatic N) is 1. The number of hydrogen-bond donors (Lipinski definition) is 1. The molecule has 0 radical (unpaired) electrons. The lowest BCUT2D eigenvalue weighted by Crippen LogP contribution is -2.33.